The first-order valence-corrected chi connectivity index (χ1v) is 12.7. The van der Waals surface area contributed by atoms with Crippen molar-refractivity contribution in [2.75, 3.05) is 13.1 Å². The van der Waals surface area contributed by atoms with Gasteiger partial charge in [0.25, 0.3) is 0 Å². The highest BCUT2D eigenvalue weighted by Crippen LogP contribution is 2.33. The van der Waals surface area contributed by atoms with Gasteiger partial charge in [0.15, 0.2) is 0 Å². The molecule has 1 heterocycles. The molecule has 1 aliphatic heterocycles. The smallest absolute Gasteiger partial charge is 0.238 e. The number of piperidine rings is 1. The van der Waals surface area contributed by atoms with E-state index < -0.39 is 15.9 Å². The van der Waals surface area contributed by atoms with Gasteiger partial charge in [0.1, 0.15) is 0 Å². The Hall–Kier alpha value is -1.89. The van der Waals surface area contributed by atoms with Crippen LogP contribution in [0, 0.1) is 19.8 Å². The Morgan fingerprint density at radius 2 is 1.84 bits per heavy atom. The fraction of sp³-hybridized carbons (Fsp3) is 0.458. The number of aryl methyl sites for hydroxylation is 2. The zero-order valence-electron chi connectivity index (χ0n) is 18.4. The summed E-state index contributed by atoms with van der Waals surface area (Å²) in [6.07, 6.45) is 3.14. The Balaban J connectivity index is 2.00. The lowest BCUT2D eigenvalue weighted by Crippen LogP contribution is -2.41. The lowest BCUT2D eigenvalue weighted by molar-refractivity contribution is -0.134. The molecule has 1 unspecified atom stereocenters. The molecule has 1 amide bonds. The standard InChI is InChI=1S/C24H31ClN2O3S/c1-16-10-12-27(13-11-16)24(28)20(9-8-19-6-4-5-7-22(19)25)21-14-17(2)15-23(18(21)3)31(26,29)30/h4-7,14-16,20H,8-13H2,1-3H3,(H2,26,29,30). The van der Waals surface area contributed by atoms with Gasteiger partial charge in [-0.15, -0.1) is 0 Å². The van der Waals surface area contributed by atoms with Gasteiger partial charge in [0.05, 0.1) is 10.8 Å². The van der Waals surface area contributed by atoms with Crippen molar-refractivity contribution in [1.29, 1.82) is 0 Å². The van der Waals surface area contributed by atoms with E-state index in [9.17, 15) is 13.2 Å². The molecule has 0 bridgehead atoms. The van der Waals surface area contributed by atoms with Gasteiger partial charge in [0.2, 0.25) is 15.9 Å². The normalized spacial score (nSPS) is 16.4. The highest BCUT2D eigenvalue weighted by molar-refractivity contribution is 7.89. The summed E-state index contributed by atoms with van der Waals surface area (Å²) < 4.78 is 24.4. The maximum Gasteiger partial charge on any atom is 0.238 e. The van der Waals surface area contributed by atoms with E-state index in [-0.39, 0.29) is 10.8 Å². The lowest BCUT2D eigenvalue weighted by atomic mass is 9.86. The molecule has 5 nitrogen and oxygen atoms in total. The number of nitrogens with zero attached hydrogens (tertiary/aromatic N) is 1. The summed E-state index contributed by atoms with van der Waals surface area (Å²) >= 11 is 6.35. The molecule has 3 rings (SSSR count). The second kappa shape index (κ2) is 9.72. The summed E-state index contributed by atoms with van der Waals surface area (Å²) in [5.74, 6) is 0.207. The summed E-state index contributed by atoms with van der Waals surface area (Å²) in [6, 6.07) is 11.1. The van der Waals surface area contributed by atoms with Crippen molar-refractivity contribution in [1.82, 2.24) is 4.90 Å². The van der Waals surface area contributed by atoms with Crippen LogP contribution in [-0.4, -0.2) is 32.3 Å². The largest absolute Gasteiger partial charge is 0.342 e. The SMILES string of the molecule is Cc1cc(C(CCc2ccccc2Cl)C(=O)N2CCC(C)CC2)c(C)c(S(N)(=O)=O)c1. The Kier molecular flexibility index (Phi) is 7.45. The second-order valence-electron chi connectivity index (χ2n) is 8.71. The number of sulfonamides is 1. The van der Waals surface area contributed by atoms with Crippen molar-refractivity contribution in [3.8, 4) is 0 Å². The van der Waals surface area contributed by atoms with E-state index in [1.807, 2.05) is 42.2 Å². The van der Waals surface area contributed by atoms with Crippen LogP contribution >= 0.6 is 11.6 Å². The molecule has 2 N–H and O–H groups in total. The van der Waals surface area contributed by atoms with Crippen molar-refractivity contribution in [2.45, 2.75) is 57.3 Å². The molecule has 31 heavy (non-hydrogen) atoms. The van der Waals surface area contributed by atoms with Crippen molar-refractivity contribution >= 4 is 27.5 Å². The number of nitrogens with two attached hydrogens (primary N) is 1. The molecular weight excluding hydrogens is 432 g/mol. The predicted octanol–water partition coefficient (Wildman–Crippen LogP) is 4.58. The number of hydrogen-bond acceptors (Lipinski definition) is 3. The van der Waals surface area contributed by atoms with Crippen molar-refractivity contribution < 1.29 is 13.2 Å². The minimum atomic E-state index is -3.89. The van der Waals surface area contributed by atoms with Crippen LogP contribution < -0.4 is 5.14 Å². The van der Waals surface area contributed by atoms with Gasteiger partial charge in [-0.1, -0.05) is 42.8 Å². The van der Waals surface area contributed by atoms with E-state index in [1.165, 1.54) is 0 Å². The number of benzene rings is 2. The maximum atomic E-state index is 13.6. The summed E-state index contributed by atoms with van der Waals surface area (Å²) in [5.41, 5.74) is 3.04. The fourth-order valence-electron chi connectivity index (χ4n) is 4.37. The van der Waals surface area contributed by atoms with E-state index in [0.29, 0.717) is 29.3 Å². The molecule has 1 atom stereocenters. The number of halogens is 1. The Morgan fingerprint density at radius 1 is 1.19 bits per heavy atom. The monoisotopic (exact) mass is 462 g/mol. The second-order valence-corrected chi connectivity index (χ2v) is 10.6. The zero-order chi connectivity index (χ0) is 22.8. The third-order valence-corrected chi connectivity index (χ3v) is 7.69. The van der Waals surface area contributed by atoms with Gasteiger partial charge in [-0.05, 0) is 79.8 Å². The van der Waals surface area contributed by atoms with Crippen LogP contribution in [-0.2, 0) is 21.2 Å². The van der Waals surface area contributed by atoms with Gasteiger partial charge in [-0.25, -0.2) is 13.6 Å². The minimum absolute atomic E-state index is 0.0491. The molecule has 0 spiro atoms. The van der Waals surface area contributed by atoms with Crippen LogP contribution in [0.2, 0.25) is 5.02 Å². The summed E-state index contributed by atoms with van der Waals surface area (Å²) in [6.45, 7) is 7.24. The number of rotatable bonds is 6. The molecule has 7 heteroatoms. The first-order chi connectivity index (χ1) is 14.6. The van der Waals surface area contributed by atoms with Crippen LogP contribution in [0.5, 0.6) is 0 Å². The molecule has 0 radical (unpaired) electrons. The molecule has 1 aliphatic rings. The summed E-state index contributed by atoms with van der Waals surface area (Å²) in [5, 5.41) is 6.15. The van der Waals surface area contributed by atoms with Gasteiger partial charge in [-0.3, -0.25) is 4.79 Å². The maximum absolute atomic E-state index is 13.6. The highest BCUT2D eigenvalue weighted by Gasteiger charge is 2.31. The molecular formula is C24H31ClN2O3S. The van der Waals surface area contributed by atoms with E-state index in [2.05, 4.69) is 6.92 Å². The van der Waals surface area contributed by atoms with E-state index in [4.69, 9.17) is 16.7 Å². The minimum Gasteiger partial charge on any atom is -0.342 e. The molecule has 2 aromatic rings. The fourth-order valence-corrected chi connectivity index (χ4v) is 5.50. The van der Waals surface area contributed by atoms with Crippen LogP contribution in [0.3, 0.4) is 0 Å². The van der Waals surface area contributed by atoms with Crippen molar-refractivity contribution in [3.63, 3.8) is 0 Å². The van der Waals surface area contributed by atoms with Crippen LogP contribution in [0.15, 0.2) is 41.3 Å². The molecule has 168 valence electrons. The molecule has 1 fully saturated rings. The van der Waals surface area contributed by atoms with Gasteiger partial charge < -0.3 is 4.90 Å². The van der Waals surface area contributed by atoms with Crippen LogP contribution in [0.4, 0.5) is 0 Å². The Bertz CT molecular complexity index is 1060. The van der Waals surface area contributed by atoms with Crippen LogP contribution in [0.25, 0.3) is 0 Å². The lowest BCUT2D eigenvalue weighted by Gasteiger charge is -2.34. The zero-order valence-corrected chi connectivity index (χ0v) is 20.0. The quantitative estimate of drug-likeness (QED) is 0.682. The molecule has 0 saturated carbocycles. The molecule has 0 aromatic heterocycles. The van der Waals surface area contributed by atoms with Crippen LogP contribution in [0.1, 0.15) is 54.4 Å². The summed E-state index contributed by atoms with van der Waals surface area (Å²) in [4.78, 5) is 15.7. The van der Waals surface area contributed by atoms with Gasteiger partial charge >= 0.3 is 0 Å². The molecule has 2 aromatic carbocycles. The third kappa shape index (κ3) is 5.68. The highest BCUT2D eigenvalue weighted by atomic mass is 35.5. The number of hydrogen-bond donors (Lipinski definition) is 1. The number of amides is 1. The predicted molar refractivity (Wildman–Crippen MR) is 125 cm³/mol. The van der Waals surface area contributed by atoms with Crippen molar-refractivity contribution in [2.24, 2.45) is 11.1 Å². The Morgan fingerprint density at radius 3 is 2.45 bits per heavy atom. The average molecular weight is 463 g/mol. The van der Waals surface area contributed by atoms with E-state index in [0.717, 1.165) is 42.6 Å². The third-order valence-electron chi connectivity index (χ3n) is 6.28. The first-order valence-electron chi connectivity index (χ1n) is 10.7. The average Bonchev–Trinajstić information content (AvgIpc) is 2.71. The van der Waals surface area contributed by atoms with Gasteiger partial charge in [-0.2, -0.15) is 0 Å². The number of likely N-dealkylation sites (tertiary alicyclic amines) is 1. The Labute approximate surface area is 190 Å². The summed E-state index contributed by atoms with van der Waals surface area (Å²) in [7, 11) is -3.89. The first kappa shape index (κ1) is 23.8. The van der Waals surface area contributed by atoms with Gasteiger partial charge in [0, 0.05) is 18.1 Å². The van der Waals surface area contributed by atoms with Crippen molar-refractivity contribution in [3.05, 3.63) is 63.7 Å². The number of primary sulfonamides is 1. The van der Waals surface area contributed by atoms with E-state index >= 15 is 0 Å². The molecule has 0 aliphatic carbocycles. The number of carbonyl (C=O) groups excluding carboxylic acids is 1. The molecule has 1 saturated heterocycles. The number of carbonyl (C=O) groups is 1. The topological polar surface area (TPSA) is 80.5 Å². The van der Waals surface area contributed by atoms with E-state index in [1.54, 1.807) is 13.0 Å².